The zero-order valence-corrected chi connectivity index (χ0v) is 21.6. The van der Waals surface area contributed by atoms with E-state index in [1.807, 2.05) is 59.8 Å². The van der Waals surface area contributed by atoms with Crippen LogP contribution in [0.1, 0.15) is 63.9 Å². The summed E-state index contributed by atoms with van der Waals surface area (Å²) in [4.78, 5) is 27.7. The van der Waals surface area contributed by atoms with Crippen LogP contribution >= 0.6 is 0 Å². The van der Waals surface area contributed by atoms with Gasteiger partial charge in [0, 0.05) is 31.1 Å². The first-order chi connectivity index (χ1) is 18.0. The van der Waals surface area contributed by atoms with Crippen LogP contribution in [-0.4, -0.2) is 45.4 Å². The smallest absolute Gasteiger partial charge is 0.306 e. The molecule has 0 radical (unpaired) electrons. The molecule has 4 aromatic rings. The zero-order valence-electron chi connectivity index (χ0n) is 21.6. The van der Waals surface area contributed by atoms with Crippen LogP contribution in [0.15, 0.2) is 60.7 Å². The minimum absolute atomic E-state index is 0.0465. The first-order valence-corrected chi connectivity index (χ1v) is 12.9. The number of aryl methyl sites for hydroxylation is 3. The summed E-state index contributed by atoms with van der Waals surface area (Å²) in [5.74, 6) is -0.418. The van der Waals surface area contributed by atoms with E-state index in [0.717, 1.165) is 52.7 Å². The van der Waals surface area contributed by atoms with Crippen molar-refractivity contribution in [1.29, 1.82) is 0 Å². The second-order valence-corrected chi connectivity index (χ2v) is 9.61. The van der Waals surface area contributed by atoms with Crippen molar-refractivity contribution in [3.05, 3.63) is 94.0 Å². The molecule has 2 heterocycles. The Hall–Kier alpha value is -4.00. The van der Waals surface area contributed by atoms with E-state index in [-0.39, 0.29) is 24.2 Å². The molecule has 0 spiro atoms. The molecule has 0 N–H and O–H groups in total. The molecule has 1 aliphatic rings. The molecule has 1 atom stereocenters. The van der Waals surface area contributed by atoms with Gasteiger partial charge in [-0.15, -0.1) is 5.10 Å². The van der Waals surface area contributed by atoms with Crippen molar-refractivity contribution in [2.24, 2.45) is 0 Å². The van der Waals surface area contributed by atoms with Crippen LogP contribution in [0.4, 0.5) is 0 Å². The van der Waals surface area contributed by atoms with Gasteiger partial charge in [-0.25, -0.2) is 4.68 Å². The lowest BCUT2D eigenvalue weighted by Gasteiger charge is -2.23. The van der Waals surface area contributed by atoms with Crippen molar-refractivity contribution in [2.45, 2.75) is 52.1 Å². The van der Waals surface area contributed by atoms with Crippen LogP contribution < -0.4 is 0 Å². The summed E-state index contributed by atoms with van der Waals surface area (Å²) in [7, 11) is 1.42. The molecule has 0 bridgehead atoms. The molecule has 0 aliphatic carbocycles. The predicted molar refractivity (Wildman–Crippen MR) is 142 cm³/mol. The lowest BCUT2D eigenvalue weighted by Crippen LogP contribution is -2.30. The maximum Gasteiger partial charge on any atom is 0.306 e. The average molecular weight is 497 g/mol. The number of benzene rings is 3. The summed E-state index contributed by atoms with van der Waals surface area (Å²) < 4.78 is 6.96. The fraction of sp³-hybridized carbons (Fsp3) is 0.333. The minimum atomic E-state index is -0.266. The molecule has 190 valence electrons. The van der Waals surface area contributed by atoms with Crippen LogP contribution in [0.25, 0.3) is 11.0 Å². The third-order valence-electron chi connectivity index (χ3n) is 7.43. The van der Waals surface area contributed by atoms with Gasteiger partial charge in [-0.2, -0.15) is 0 Å². The van der Waals surface area contributed by atoms with Gasteiger partial charge in [0.2, 0.25) is 0 Å². The fourth-order valence-corrected chi connectivity index (χ4v) is 5.39. The van der Waals surface area contributed by atoms with Crippen LogP contribution in [0, 0.1) is 6.92 Å². The van der Waals surface area contributed by atoms with Gasteiger partial charge < -0.3 is 9.64 Å². The van der Waals surface area contributed by atoms with Crippen molar-refractivity contribution in [1.82, 2.24) is 19.9 Å². The fourth-order valence-electron chi connectivity index (χ4n) is 5.39. The maximum atomic E-state index is 13.2. The molecular weight excluding hydrogens is 464 g/mol. The van der Waals surface area contributed by atoms with Crippen molar-refractivity contribution < 1.29 is 14.3 Å². The van der Waals surface area contributed by atoms with Gasteiger partial charge in [0.1, 0.15) is 5.52 Å². The standard InChI is InChI=1S/C30H32N4O3/c1-4-34-27-15-14-25(20(2)29(27)31-32-34)26(18-28(35)37-3)23-13-12-21-11-8-16-33(19-24(21)17-23)30(36)22-9-6-5-7-10-22/h5-7,9-10,12-15,17,26H,4,8,11,16,18-19H2,1-3H3. The van der Waals surface area contributed by atoms with Crippen LogP contribution in [-0.2, 0) is 29.0 Å². The lowest BCUT2D eigenvalue weighted by atomic mass is 9.84. The van der Waals surface area contributed by atoms with E-state index in [4.69, 9.17) is 4.74 Å². The van der Waals surface area contributed by atoms with E-state index >= 15 is 0 Å². The number of aromatic nitrogens is 3. The van der Waals surface area contributed by atoms with Crippen molar-refractivity contribution in [3.63, 3.8) is 0 Å². The van der Waals surface area contributed by atoms with Crippen LogP contribution in [0.3, 0.4) is 0 Å². The lowest BCUT2D eigenvalue weighted by molar-refractivity contribution is -0.140. The summed E-state index contributed by atoms with van der Waals surface area (Å²) >= 11 is 0. The highest BCUT2D eigenvalue weighted by atomic mass is 16.5. The number of esters is 1. The third-order valence-corrected chi connectivity index (χ3v) is 7.43. The Balaban J connectivity index is 1.53. The summed E-state index contributed by atoms with van der Waals surface area (Å²) in [6.07, 6.45) is 2.05. The predicted octanol–water partition coefficient (Wildman–Crippen LogP) is 5.04. The topological polar surface area (TPSA) is 77.3 Å². The molecular formula is C30H32N4O3. The Morgan fingerprint density at radius 3 is 2.62 bits per heavy atom. The number of hydrogen-bond acceptors (Lipinski definition) is 5. The highest BCUT2D eigenvalue weighted by molar-refractivity contribution is 5.94. The van der Waals surface area contributed by atoms with Gasteiger partial charge in [-0.3, -0.25) is 9.59 Å². The SMILES string of the molecule is CCn1nnc2c(C)c(C(CC(=O)OC)c3ccc4c(c3)CN(C(=O)c3ccccc3)CCC4)ccc21. The summed E-state index contributed by atoms with van der Waals surface area (Å²) in [5.41, 5.74) is 8.00. The summed E-state index contributed by atoms with van der Waals surface area (Å²) in [5, 5.41) is 8.70. The van der Waals surface area contributed by atoms with Crippen LogP contribution in [0.2, 0.25) is 0 Å². The number of amides is 1. The minimum Gasteiger partial charge on any atom is -0.469 e. The average Bonchev–Trinajstić information content (AvgIpc) is 3.24. The van der Waals surface area contributed by atoms with E-state index in [0.29, 0.717) is 18.7 Å². The maximum absolute atomic E-state index is 13.2. The van der Waals surface area contributed by atoms with Crippen molar-refractivity contribution in [3.8, 4) is 0 Å². The second-order valence-electron chi connectivity index (χ2n) is 9.61. The molecule has 1 aromatic heterocycles. The Bertz CT molecular complexity index is 1440. The Labute approximate surface area is 217 Å². The van der Waals surface area contributed by atoms with Gasteiger partial charge in [-0.1, -0.05) is 47.7 Å². The first kappa shape index (κ1) is 24.7. The number of rotatable bonds is 6. The van der Waals surface area contributed by atoms with Crippen LogP contribution in [0.5, 0.6) is 0 Å². The summed E-state index contributed by atoms with van der Waals surface area (Å²) in [6, 6.07) is 20.0. The summed E-state index contributed by atoms with van der Waals surface area (Å²) in [6.45, 7) is 6.08. The van der Waals surface area contributed by atoms with Gasteiger partial charge >= 0.3 is 5.97 Å². The normalized spacial score (nSPS) is 14.2. The Morgan fingerprint density at radius 2 is 1.86 bits per heavy atom. The molecule has 1 unspecified atom stereocenters. The van der Waals surface area contributed by atoms with Crippen molar-refractivity contribution >= 4 is 22.9 Å². The van der Waals surface area contributed by atoms with E-state index in [2.05, 4.69) is 34.6 Å². The quantitative estimate of drug-likeness (QED) is 0.350. The Kier molecular flexibility index (Phi) is 7.04. The number of hydrogen-bond donors (Lipinski definition) is 0. The number of fused-ring (bicyclic) bond motifs is 2. The Morgan fingerprint density at radius 1 is 1.05 bits per heavy atom. The van der Waals surface area contributed by atoms with Gasteiger partial charge in [0.15, 0.2) is 0 Å². The highest BCUT2D eigenvalue weighted by Crippen LogP contribution is 2.35. The molecule has 37 heavy (non-hydrogen) atoms. The molecule has 1 amide bonds. The second kappa shape index (κ2) is 10.5. The number of nitrogens with zero attached hydrogens (tertiary/aromatic N) is 4. The molecule has 1 aliphatic heterocycles. The molecule has 0 saturated heterocycles. The molecule has 0 saturated carbocycles. The zero-order chi connectivity index (χ0) is 25.9. The van der Waals surface area contributed by atoms with E-state index in [9.17, 15) is 9.59 Å². The van der Waals surface area contributed by atoms with Gasteiger partial charge in [-0.05, 0) is 72.7 Å². The number of ether oxygens (including phenoxy) is 1. The van der Waals surface area contributed by atoms with Crippen molar-refractivity contribution in [2.75, 3.05) is 13.7 Å². The molecule has 0 fully saturated rings. The van der Waals surface area contributed by atoms with Gasteiger partial charge in [0.05, 0.1) is 19.0 Å². The largest absolute Gasteiger partial charge is 0.469 e. The highest BCUT2D eigenvalue weighted by Gasteiger charge is 2.25. The van der Waals surface area contributed by atoms with E-state index in [1.165, 1.54) is 12.7 Å². The monoisotopic (exact) mass is 496 g/mol. The number of carbonyl (C=O) groups excluding carboxylic acids is 2. The third kappa shape index (κ3) is 4.86. The molecule has 3 aromatic carbocycles. The molecule has 7 nitrogen and oxygen atoms in total. The number of carbonyl (C=O) groups is 2. The molecule has 5 rings (SSSR count). The molecule has 7 heteroatoms. The first-order valence-electron chi connectivity index (χ1n) is 12.9. The van der Waals surface area contributed by atoms with E-state index < -0.39 is 0 Å². The van der Waals surface area contributed by atoms with Gasteiger partial charge in [0.25, 0.3) is 5.91 Å². The van der Waals surface area contributed by atoms with E-state index in [1.54, 1.807) is 0 Å². The number of methoxy groups -OCH3 is 1.